The minimum absolute atomic E-state index is 0.378. The van der Waals surface area contributed by atoms with Crippen LogP contribution in [0.4, 0.5) is 0 Å². The summed E-state index contributed by atoms with van der Waals surface area (Å²) in [5.74, 6) is 0.904. The summed E-state index contributed by atoms with van der Waals surface area (Å²) < 4.78 is 2.15. The van der Waals surface area contributed by atoms with E-state index < -0.39 is 0 Å². The number of rotatable bonds is 4. The molecule has 3 heterocycles. The van der Waals surface area contributed by atoms with E-state index in [2.05, 4.69) is 78.1 Å². The first-order chi connectivity index (χ1) is 11.6. The van der Waals surface area contributed by atoms with Crippen LogP contribution in [-0.4, -0.2) is 19.6 Å². The molecule has 1 atom stereocenters. The lowest BCUT2D eigenvalue weighted by Gasteiger charge is -2.11. The van der Waals surface area contributed by atoms with Crippen LogP contribution in [0.3, 0.4) is 0 Å². The smallest absolute Gasteiger partial charge is 0.136 e. The highest BCUT2D eigenvalue weighted by molar-refractivity contribution is 5.81. The number of aromatic nitrogens is 4. The zero-order valence-electron chi connectivity index (χ0n) is 14.3. The molecule has 4 nitrogen and oxygen atoms in total. The molecular weight excluding hydrogens is 296 g/mol. The summed E-state index contributed by atoms with van der Waals surface area (Å²) in [6.45, 7) is 6.68. The molecule has 24 heavy (non-hydrogen) atoms. The maximum absolute atomic E-state index is 4.78. The summed E-state index contributed by atoms with van der Waals surface area (Å²) in [5, 5.41) is 8.46. The standard InChI is InChI=1S/C20H22N4/c1-13(2)16-7-8-19-22-17(12-24(19)11-16)9-14(3)18-6-4-5-15-10-21-23-20(15)18/h4-8,10-14H,9H2,1-3H3,(H,21,23). The Bertz CT molecular complexity index is 993. The quantitative estimate of drug-likeness (QED) is 0.594. The molecule has 1 aromatic carbocycles. The fraction of sp³-hybridized carbons (Fsp3) is 0.300. The Morgan fingerprint density at radius 2 is 1.96 bits per heavy atom. The van der Waals surface area contributed by atoms with Crippen LogP contribution in [0.5, 0.6) is 0 Å². The van der Waals surface area contributed by atoms with Crippen LogP contribution < -0.4 is 0 Å². The van der Waals surface area contributed by atoms with Gasteiger partial charge in [-0.05, 0) is 35.4 Å². The van der Waals surface area contributed by atoms with E-state index in [-0.39, 0.29) is 0 Å². The van der Waals surface area contributed by atoms with Crippen LogP contribution in [0.25, 0.3) is 16.6 Å². The summed E-state index contributed by atoms with van der Waals surface area (Å²) in [7, 11) is 0. The zero-order chi connectivity index (χ0) is 16.7. The van der Waals surface area contributed by atoms with Crippen molar-refractivity contribution in [2.75, 3.05) is 0 Å². The molecule has 0 saturated carbocycles. The number of nitrogens with one attached hydrogen (secondary N) is 1. The average Bonchev–Trinajstić information content (AvgIpc) is 3.19. The number of aromatic amines is 1. The van der Waals surface area contributed by atoms with E-state index in [0.29, 0.717) is 11.8 Å². The Labute approximate surface area is 141 Å². The van der Waals surface area contributed by atoms with Gasteiger partial charge in [-0.15, -0.1) is 0 Å². The van der Waals surface area contributed by atoms with Crippen LogP contribution in [0.15, 0.2) is 48.9 Å². The minimum Gasteiger partial charge on any atom is -0.307 e. The van der Waals surface area contributed by atoms with E-state index in [9.17, 15) is 0 Å². The Hall–Kier alpha value is -2.62. The van der Waals surface area contributed by atoms with E-state index >= 15 is 0 Å². The highest BCUT2D eigenvalue weighted by Gasteiger charge is 2.13. The van der Waals surface area contributed by atoms with Gasteiger partial charge in [0, 0.05) is 17.8 Å². The first-order valence-corrected chi connectivity index (χ1v) is 8.51. The number of fused-ring (bicyclic) bond motifs is 2. The third-order valence-electron chi connectivity index (χ3n) is 4.75. The SMILES string of the molecule is CC(C)c1ccc2nc(CC(C)c3cccc4cn[nH]c34)cn2c1. The monoisotopic (exact) mass is 318 g/mol. The molecule has 3 aromatic heterocycles. The highest BCUT2D eigenvalue weighted by atomic mass is 15.1. The van der Waals surface area contributed by atoms with E-state index in [1.165, 1.54) is 11.1 Å². The van der Waals surface area contributed by atoms with Crippen molar-refractivity contribution in [2.24, 2.45) is 0 Å². The predicted octanol–water partition coefficient (Wildman–Crippen LogP) is 4.68. The average molecular weight is 318 g/mol. The minimum atomic E-state index is 0.378. The lowest BCUT2D eigenvalue weighted by atomic mass is 9.95. The number of imidazole rings is 1. The Kier molecular flexibility index (Phi) is 3.60. The number of para-hydroxylation sites is 1. The maximum atomic E-state index is 4.78. The van der Waals surface area contributed by atoms with Crippen molar-refractivity contribution in [1.82, 2.24) is 19.6 Å². The van der Waals surface area contributed by atoms with E-state index in [1.54, 1.807) is 0 Å². The van der Waals surface area contributed by atoms with Crippen LogP contribution >= 0.6 is 0 Å². The molecular formula is C20H22N4. The number of hydrogen-bond acceptors (Lipinski definition) is 2. The summed E-state index contributed by atoms with van der Waals surface area (Å²) in [6, 6.07) is 10.7. The van der Waals surface area contributed by atoms with Crippen molar-refractivity contribution in [1.29, 1.82) is 0 Å². The second-order valence-electron chi connectivity index (χ2n) is 6.90. The number of benzene rings is 1. The molecule has 4 aromatic rings. The number of H-pyrrole nitrogens is 1. The van der Waals surface area contributed by atoms with Crippen molar-refractivity contribution >= 4 is 16.6 Å². The molecule has 0 spiro atoms. The Balaban J connectivity index is 1.65. The number of nitrogens with zero attached hydrogens (tertiary/aromatic N) is 3. The molecule has 0 fully saturated rings. The molecule has 0 saturated heterocycles. The van der Waals surface area contributed by atoms with Crippen LogP contribution in [0.2, 0.25) is 0 Å². The molecule has 0 amide bonds. The number of pyridine rings is 1. The van der Waals surface area contributed by atoms with Crippen LogP contribution in [-0.2, 0) is 6.42 Å². The summed E-state index contributed by atoms with van der Waals surface area (Å²) in [5.41, 5.74) is 5.91. The fourth-order valence-electron chi connectivity index (χ4n) is 3.33. The van der Waals surface area contributed by atoms with Crippen LogP contribution in [0, 0.1) is 0 Å². The predicted molar refractivity (Wildman–Crippen MR) is 97.5 cm³/mol. The van der Waals surface area contributed by atoms with Crippen molar-refractivity contribution in [3.05, 3.63) is 65.7 Å². The Morgan fingerprint density at radius 3 is 2.79 bits per heavy atom. The third-order valence-corrected chi connectivity index (χ3v) is 4.75. The van der Waals surface area contributed by atoms with Gasteiger partial charge < -0.3 is 4.40 Å². The fourth-order valence-corrected chi connectivity index (χ4v) is 3.33. The molecule has 4 heteroatoms. The van der Waals surface area contributed by atoms with Gasteiger partial charge >= 0.3 is 0 Å². The maximum Gasteiger partial charge on any atom is 0.136 e. The molecule has 0 aliphatic heterocycles. The highest BCUT2D eigenvalue weighted by Crippen LogP contribution is 2.26. The molecule has 0 radical (unpaired) electrons. The lowest BCUT2D eigenvalue weighted by molar-refractivity contribution is 0.749. The first kappa shape index (κ1) is 14.9. The van der Waals surface area contributed by atoms with Gasteiger partial charge in [0.05, 0.1) is 17.4 Å². The topological polar surface area (TPSA) is 46.0 Å². The molecule has 1 unspecified atom stereocenters. The number of hydrogen-bond donors (Lipinski definition) is 1. The third kappa shape index (κ3) is 2.58. The summed E-state index contributed by atoms with van der Waals surface area (Å²) in [4.78, 5) is 4.78. The van der Waals surface area contributed by atoms with Crippen LogP contribution in [0.1, 0.15) is 49.4 Å². The normalized spacial score (nSPS) is 13.2. The summed E-state index contributed by atoms with van der Waals surface area (Å²) >= 11 is 0. The van der Waals surface area contributed by atoms with Gasteiger partial charge in [-0.1, -0.05) is 45.0 Å². The van der Waals surface area contributed by atoms with E-state index in [0.717, 1.165) is 28.7 Å². The summed E-state index contributed by atoms with van der Waals surface area (Å²) in [6.07, 6.45) is 7.14. The van der Waals surface area contributed by atoms with Gasteiger partial charge in [0.25, 0.3) is 0 Å². The second-order valence-corrected chi connectivity index (χ2v) is 6.90. The van der Waals surface area contributed by atoms with Crippen molar-refractivity contribution < 1.29 is 0 Å². The lowest BCUT2D eigenvalue weighted by Crippen LogP contribution is -1.99. The van der Waals surface area contributed by atoms with Crippen molar-refractivity contribution in [3.63, 3.8) is 0 Å². The Morgan fingerprint density at radius 1 is 1.08 bits per heavy atom. The molecule has 0 aliphatic rings. The molecule has 0 aliphatic carbocycles. The van der Waals surface area contributed by atoms with Crippen molar-refractivity contribution in [2.45, 2.75) is 39.0 Å². The molecule has 4 rings (SSSR count). The van der Waals surface area contributed by atoms with Gasteiger partial charge in [0.1, 0.15) is 5.65 Å². The first-order valence-electron chi connectivity index (χ1n) is 8.51. The zero-order valence-corrected chi connectivity index (χ0v) is 14.3. The van der Waals surface area contributed by atoms with Gasteiger partial charge in [-0.2, -0.15) is 5.10 Å². The molecule has 1 N–H and O–H groups in total. The molecule has 0 bridgehead atoms. The van der Waals surface area contributed by atoms with Gasteiger partial charge in [0.15, 0.2) is 0 Å². The van der Waals surface area contributed by atoms with E-state index in [4.69, 9.17) is 4.98 Å². The van der Waals surface area contributed by atoms with Crippen molar-refractivity contribution in [3.8, 4) is 0 Å². The second kappa shape index (κ2) is 5.78. The largest absolute Gasteiger partial charge is 0.307 e. The van der Waals surface area contributed by atoms with Gasteiger partial charge in [-0.25, -0.2) is 4.98 Å². The molecule has 122 valence electrons. The van der Waals surface area contributed by atoms with Gasteiger partial charge in [0.2, 0.25) is 0 Å². The van der Waals surface area contributed by atoms with Gasteiger partial charge in [-0.3, -0.25) is 5.10 Å². The van der Waals surface area contributed by atoms with E-state index in [1.807, 2.05) is 6.20 Å².